The highest BCUT2D eigenvalue weighted by atomic mass is 16.4. The lowest BCUT2D eigenvalue weighted by atomic mass is 9.92. The number of amides is 1. The van der Waals surface area contributed by atoms with Gasteiger partial charge in [-0.05, 0) is 99.0 Å². The van der Waals surface area contributed by atoms with Gasteiger partial charge >= 0.3 is 5.97 Å². The molecule has 3 aromatic rings. The highest BCUT2D eigenvalue weighted by Crippen LogP contribution is 2.32. The van der Waals surface area contributed by atoms with Gasteiger partial charge in [0.05, 0.1) is 12.5 Å². The molecule has 2 heterocycles. The van der Waals surface area contributed by atoms with Gasteiger partial charge in [0.25, 0.3) is 5.56 Å². The Bertz CT molecular complexity index is 1530. The Hall–Kier alpha value is -4.22. The Morgan fingerprint density at radius 3 is 2.36 bits per heavy atom. The van der Waals surface area contributed by atoms with Crippen LogP contribution in [0.25, 0.3) is 11.1 Å². The first kappa shape index (κ1) is 32.3. The van der Waals surface area contributed by atoms with Crippen molar-refractivity contribution in [3.05, 3.63) is 86.6 Å². The van der Waals surface area contributed by atoms with Gasteiger partial charge in [-0.1, -0.05) is 32.0 Å². The minimum Gasteiger partial charge on any atom is -0.481 e. The monoisotopic (exact) mass is 570 g/mol. The molecule has 0 aliphatic rings. The Labute approximate surface area is 248 Å². The van der Waals surface area contributed by atoms with Crippen LogP contribution in [0.1, 0.15) is 72.3 Å². The molecule has 0 bridgehead atoms. The third-order valence-electron chi connectivity index (χ3n) is 7.45. The average Bonchev–Trinajstić information content (AvgIpc) is 2.90. The third kappa shape index (κ3) is 7.95. The first-order valence-electron chi connectivity index (χ1n) is 14.2. The number of hydrogen-bond acceptors (Lipinski definition) is 5. The Kier molecular flexibility index (Phi) is 10.8. The molecule has 1 aromatic carbocycles. The quantitative estimate of drug-likeness (QED) is 0.302. The smallest absolute Gasteiger partial charge is 0.305 e. The Morgan fingerprint density at radius 2 is 1.79 bits per heavy atom. The van der Waals surface area contributed by atoms with Crippen LogP contribution < -0.4 is 10.9 Å². The van der Waals surface area contributed by atoms with Gasteiger partial charge in [-0.2, -0.15) is 0 Å². The fourth-order valence-electron chi connectivity index (χ4n) is 5.24. The molecule has 0 unspecified atom stereocenters. The van der Waals surface area contributed by atoms with Crippen molar-refractivity contribution in [2.75, 3.05) is 20.6 Å². The molecule has 0 saturated carbocycles. The fourth-order valence-corrected chi connectivity index (χ4v) is 5.24. The topological polar surface area (TPSA) is 105 Å². The first-order chi connectivity index (χ1) is 19.8. The number of carbonyl (C=O) groups excluding carboxylic acids is 1. The maximum absolute atomic E-state index is 13.9. The lowest BCUT2D eigenvalue weighted by molar-refractivity contribution is -0.138. The van der Waals surface area contributed by atoms with E-state index in [-0.39, 0.29) is 17.9 Å². The summed E-state index contributed by atoms with van der Waals surface area (Å²) in [6.45, 7) is 10.6. The molecule has 0 aliphatic carbocycles. The van der Waals surface area contributed by atoms with Crippen molar-refractivity contribution >= 4 is 11.9 Å². The molecule has 0 radical (unpaired) electrons. The van der Waals surface area contributed by atoms with E-state index in [9.17, 15) is 19.5 Å². The normalized spacial score (nSPS) is 12.7. The van der Waals surface area contributed by atoms with Crippen LogP contribution in [0, 0.1) is 39.0 Å². The van der Waals surface area contributed by atoms with E-state index >= 15 is 0 Å². The van der Waals surface area contributed by atoms with Gasteiger partial charge in [0, 0.05) is 30.6 Å². The summed E-state index contributed by atoms with van der Waals surface area (Å²) in [5.41, 5.74) is 6.19. The number of rotatable bonds is 12. The molecule has 222 valence electrons. The molecule has 2 atom stereocenters. The zero-order valence-corrected chi connectivity index (χ0v) is 25.7. The maximum atomic E-state index is 13.9. The average molecular weight is 571 g/mol. The number of carboxylic acids is 1. The molecular weight excluding hydrogens is 528 g/mol. The number of likely N-dealkylation sites (N-methyl/N-ethyl adjacent to an activating group) is 1. The Balaban J connectivity index is 2.07. The number of hydrogen-bond donors (Lipinski definition) is 2. The summed E-state index contributed by atoms with van der Waals surface area (Å²) in [4.78, 5) is 45.6. The number of carboxylic acid groups (broad SMARTS) is 1. The SMILES string of the molecule is C#Cc1ncc([C@H](CC(=O)O)NC(=O)[C@@H](CC(C)C)n2cc(CCN(C)C)c(C)cc2=O)cc1-c1c(C)cccc1C. The molecule has 3 rings (SSSR count). The molecule has 0 aliphatic heterocycles. The van der Waals surface area contributed by atoms with E-state index in [0.717, 1.165) is 40.8 Å². The molecule has 2 aromatic heterocycles. The standard InChI is InChI=1S/C34H42N4O4/c1-9-28-27(33-22(4)11-10-12-23(33)5)17-26(19-35-28)29(18-32(40)41)36-34(42)30(15-21(2)3)38-20-25(13-14-37(7)8)24(6)16-31(38)39/h1,10-12,16-17,19-21,29-30H,13-15,18H2,2-8H3,(H,36,42)(H,40,41)/t29-,30+/m0/s1. The van der Waals surface area contributed by atoms with Gasteiger partial charge < -0.3 is 19.9 Å². The summed E-state index contributed by atoms with van der Waals surface area (Å²) >= 11 is 0. The lowest BCUT2D eigenvalue weighted by Crippen LogP contribution is -2.40. The number of aliphatic carboxylic acids is 1. The van der Waals surface area contributed by atoms with Crippen molar-refractivity contribution < 1.29 is 14.7 Å². The Morgan fingerprint density at radius 1 is 1.12 bits per heavy atom. The molecule has 0 saturated heterocycles. The summed E-state index contributed by atoms with van der Waals surface area (Å²) in [7, 11) is 3.97. The van der Waals surface area contributed by atoms with Crippen molar-refractivity contribution in [1.82, 2.24) is 19.8 Å². The van der Waals surface area contributed by atoms with E-state index in [1.54, 1.807) is 12.3 Å². The van der Waals surface area contributed by atoms with Crippen LogP contribution in [0.4, 0.5) is 0 Å². The molecule has 2 N–H and O–H groups in total. The van der Waals surface area contributed by atoms with E-state index in [0.29, 0.717) is 23.2 Å². The predicted molar refractivity (Wildman–Crippen MR) is 166 cm³/mol. The minimum atomic E-state index is -1.08. The second kappa shape index (κ2) is 14.1. The molecule has 0 spiro atoms. The summed E-state index contributed by atoms with van der Waals surface area (Å²) in [6.07, 6.45) is 9.87. The van der Waals surface area contributed by atoms with Crippen molar-refractivity contribution in [3.63, 3.8) is 0 Å². The summed E-state index contributed by atoms with van der Waals surface area (Å²) in [5, 5.41) is 12.7. The van der Waals surface area contributed by atoms with Gasteiger partial charge in [-0.15, -0.1) is 6.42 Å². The van der Waals surface area contributed by atoms with Gasteiger partial charge in [-0.25, -0.2) is 4.98 Å². The van der Waals surface area contributed by atoms with Crippen LogP contribution in [0.2, 0.25) is 0 Å². The predicted octanol–water partition coefficient (Wildman–Crippen LogP) is 4.84. The van der Waals surface area contributed by atoms with Crippen molar-refractivity contribution in [2.24, 2.45) is 5.92 Å². The summed E-state index contributed by atoms with van der Waals surface area (Å²) in [6, 6.07) is 7.61. The minimum absolute atomic E-state index is 0.101. The fraction of sp³-hybridized carbons (Fsp3) is 0.412. The van der Waals surface area contributed by atoms with Crippen molar-refractivity contribution in [2.45, 2.75) is 66.0 Å². The number of nitrogens with one attached hydrogen (secondary N) is 1. The van der Waals surface area contributed by atoms with Crippen LogP contribution in [0.15, 0.2) is 47.5 Å². The number of pyridine rings is 2. The number of nitrogens with zero attached hydrogens (tertiary/aromatic N) is 3. The number of carbonyl (C=O) groups is 2. The third-order valence-corrected chi connectivity index (χ3v) is 7.45. The number of benzene rings is 1. The molecule has 1 amide bonds. The maximum Gasteiger partial charge on any atom is 0.305 e. The molecule has 8 nitrogen and oxygen atoms in total. The van der Waals surface area contributed by atoms with E-state index in [2.05, 4.69) is 21.1 Å². The van der Waals surface area contributed by atoms with Gasteiger partial charge in [0.1, 0.15) is 11.7 Å². The van der Waals surface area contributed by atoms with Gasteiger partial charge in [0.2, 0.25) is 5.91 Å². The van der Waals surface area contributed by atoms with Crippen LogP contribution in [0.3, 0.4) is 0 Å². The van der Waals surface area contributed by atoms with Crippen LogP contribution in [-0.4, -0.2) is 52.1 Å². The summed E-state index contributed by atoms with van der Waals surface area (Å²) < 4.78 is 1.49. The highest BCUT2D eigenvalue weighted by Gasteiger charge is 2.28. The number of aryl methyl sites for hydroxylation is 3. The van der Waals surface area contributed by atoms with Crippen LogP contribution in [-0.2, 0) is 16.0 Å². The second-order valence-corrected chi connectivity index (χ2v) is 11.7. The van der Waals surface area contributed by atoms with Gasteiger partial charge in [0.15, 0.2) is 0 Å². The zero-order chi connectivity index (χ0) is 31.1. The van der Waals surface area contributed by atoms with E-state index in [1.165, 1.54) is 10.8 Å². The van der Waals surface area contributed by atoms with Crippen LogP contribution >= 0.6 is 0 Å². The van der Waals surface area contributed by atoms with E-state index in [1.807, 2.05) is 73.0 Å². The zero-order valence-electron chi connectivity index (χ0n) is 25.7. The van der Waals surface area contributed by atoms with E-state index in [4.69, 9.17) is 6.42 Å². The molecule has 8 heteroatoms. The first-order valence-corrected chi connectivity index (χ1v) is 14.2. The number of aromatic nitrogens is 2. The lowest BCUT2D eigenvalue weighted by Gasteiger charge is -2.26. The van der Waals surface area contributed by atoms with Gasteiger partial charge in [-0.3, -0.25) is 14.4 Å². The molecule has 0 fully saturated rings. The molecule has 42 heavy (non-hydrogen) atoms. The highest BCUT2D eigenvalue weighted by molar-refractivity contribution is 5.82. The second-order valence-electron chi connectivity index (χ2n) is 11.7. The van der Waals surface area contributed by atoms with Crippen molar-refractivity contribution in [1.29, 1.82) is 0 Å². The van der Waals surface area contributed by atoms with E-state index < -0.39 is 24.0 Å². The largest absolute Gasteiger partial charge is 0.481 e. The van der Waals surface area contributed by atoms with Crippen molar-refractivity contribution in [3.8, 4) is 23.5 Å². The summed E-state index contributed by atoms with van der Waals surface area (Å²) in [5.74, 6) is 1.24. The van der Waals surface area contributed by atoms with Crippen LogP contribution in [0.5, 0.6) is 0 Å². The molecular formula is C34H42N4O4. The number of terminal acetylenes is 1.